The predicted molar refractivity (Wildman–Crippen MR) is 125 cm³/mol. The molecule has 168 valence electrons. The summed E-state index contributed by atoms with van der Waals surface area (Å²) >= 11 is 1.62. The second kappa shape index (κ2) is 9.40. The van der Waals surface area contributed by atoms with Crippen molar-refractivity contribution in [3.63, 3.8) is 0 Å². The van der Waals surface area contributed by atoms with Crippen molar-refractivity contribution in [1.82, 2.24) is 15.0 Å². The standard InChI is InChI=1S/C23H25N3O4S2/c1-15-25-20(14-31-15)17-5-3-16(4-6-17)11-12-24-23(27)18-7-10-21(30-2)22(13-18)32(28,29)26-19-8-9-19/h3-7,10,13-14,19,26H,8-9,11-12H2,1-2H3,(H,24,27). The molecule has 2 N–H and O–H groups in total. The molecule has 2 aromatic carbocycles. The third kappa shape index (κ3) is 5.35. The van der Waals surface area contributed by atoms with Gasteiger partial charge in [0.15, 0.2) is 0 Å². The second-order valence-corrected chi connectivity index (χ2v) is 10.5. The van der Waals surface area contributed by atoms with Crippen LogP contribution in [0.3, 0.4) is 0 Å². The minimum Gasteiger partial charge on any atom is -0.495 e. The summed E-state index contributed by atoms with van der Waals surface area (Å²) in [6.45, 7) is 2.42. The summed E-state index contributed by atoms with van der Waals surface area (Å²) in [4.78, 5) is 17.1. The summed E-state index contributed by atoms with van der Waals surface area (Å²) in [5.74, 6) is -0.116. The van der Waals surface area contributed by atoms with Gasteiger partial charge in [0.25, 0.3) is 5.91 Å². The molecule has 4 rings (SSSR count). The fourth-order valence-corrected chi connectivity index (χ4v) is 5.39. The SMILES string of the molecule is COc1ccc(C(=O)NCCc2ccc(-c3csc(C)n3)cc2)cc1S(=O)(=O)NC1CC1. The number of thiazole rings is 1. The lowest BCUT2D eigenvalue weighted by Gasteiger charge is -2.12. The van der Waals surface area contributed by atoms with Crippen LogP contribution in [0.25, 0.3) is 11.3 Å². The van der Waals surface area contributed by atoms with Crippen molar-refractivity contribution < 1.29 is 17.9 Å². The third-order valence-corrected chi connectivity index (χ3v) is 7.50. The molecule has 1 heterocycles. The summed E-state index contributed by atoms with van der Waals surface area (Å²) in [5.41, 5.74) is 3.39. The van der Waals surface area contributed by atoms with Crippen LogP contribution in [-0.2, 0) is 16.4 Å². The van der Waals surface area contributed by atoms with E-state index in [4.69, 9.17) is 4.74 Å². The van der Waals surface area contributed by atoms with Crippen LogP contribution in [0.15, 0.2) is 52.7 Å². The van der Waals surface area contributed by atoms with Crippen LogP contribution in [0.1, 0.15) is 33.8 Å². The molecule has 1 aliphatic carbocycles. The van der Waals surface area contributed by atoms with E-state index in [2.05, 4.69) is 15.0 Å². The Labute approximate surface area is 191 Å². The summed E-state index contributed by atoms with van der Waals surface area (Å²) in [6.07, 6.45) is 2.31. The van der Waals surface area contributed by atoms with Crippen molar-refractivity contribution in [3.05, 3.63) is 64.0 Å². The first kappa shape index (κ1) is 22.4. The number of methoxy groups -OCH3 is 1. The number of nitrogens with zero attached hydrogens (tertiary/aromatic N) is 1. The van der Waals surface area contributed by atoms with Crippen LogP contribution in [-0.4, -0.2) is 39.0 Å². The number of aryl methyl sites for hydroxylation is 1. The Bertz CT molecular complexity index is 1220. The topological polar surface area (TPSA) is 97.4 Å². The van der Waals surface area contributed by atoms with Gasteiger partial charge in [0.2, 0.25) is 10.0 Å². The summed E-state index contributed by atoms with van der Waals surface area (Å²) < 4.78 is 33.1. The Balaban J connectivity index is 1.38. The van der Waals surface area contributed by atoms with Crippen LogP contribution in [0, 0.1) is 6.92 Å². The summed E-state index contributed by atoms with van der Waals surface area (Å²) in [6, 6.07) is 12.5. The van der Waals surface area contributed by atoms with Crippen LogP contribution < -0.4 is 14.8 Å². The average molecular weight is 472 g/mol. The summed E-state index contributed by atoms with van der Waals surface area (Å²) in [7, 11) is -2.34. The highest BCUT2D eigenvalue weighted by molar-refractivity contribution is 7.89. The number of benzene rings is 2. The van der Waals surface area contributed by atoms with Crippen LogP contribution in [0.4, 0.5) is 0 Å². The molecular weight excluding hydrogens is 446 g/mol. The Hall–Kier alpha value is -2.75. The van der Waals surface area contributed by atoms with Crippen molar-refractivity contribution in [2.45, 2.75) is 37.1 Å². The van der Waals surface area contributed by atoms with E-state index in [0.717, 1.165) is 34.7 Å². The highest BCUT2D eigenvalue weighted by Crippen LogP contribution is 2.28. The van der Waals surface area contributed by atoms with Crippen molar-refractivity contribution >= 4 is 27.3 Å². The molecule has 9 heteroatoms. The minimum absolute atomic E-state index is 0.0209. The maximum Gasteiger partial charge on any atom is 0.251 e. The normalized spacial score (nSPS) is 13.7. The molecule has 0 aliphatic heterocycles. The number of hydrogen-bond acceptors (Lipinski definition) is 6. The number of aromatic nitrogens is 1. The van der Waals surface area contributed by atoms with Gasteiger partial charge in [0.05, 0.1) is 17.8 Å². The van der Waals surface area contributed by atoms with Gasteiger partial charge in [-0.2, -0.15) is 0 Å². The highest BCUT2D eigenvalue weighted by Gasteiger charge is 2.30. The largest absolute Gasteiger partial charge is 0.495 e. The highest BCUT2D eigenvalue weighted by atomic mass is 32.2. The molecule has 1 amide bonds. The maximum absolute atomic E-state index is 12.6. The summed E-state index contributed by atoms with van der Waals surface area (Å²) in [5, 5.41) is 5.93. The van der Waals surface area contributed by atoms with Crippen molar-refractivity contribution in [2.75, 3.05) is 13.7 Å². The number of ether oxygens (including phenoxy) is 1. The molecule has 1 aromatic heterocycles. The third-order valence-electron chi connectivity index (χ3n) is 5.18. The van der Waals surface area contributed by atoms with Gasteiger partial charge in [-0.15, -0.1) is 11.3 Å². The van der Waals surface area contributed by atoms with E-state index in [0.29, 0.717) is 13.0 Å². The number of carbonyl (C=O) groups is 1. The molecule has 0 unspecified atom stereocenters. The molecule has 3 aromatic rings. The zero-order valence-electron chi connectivity index (χ0n) is 17.9. The molecule has 1 aliphatic rings. The molecule has 7 nitrogen and oxygen atoms in total. The second-order valence-electron chi connectivity index (χ2n) is 7.72. The van der Waals surface area contributed by atoms with Crippen LogP contribution in [0.2, 0.25) is 0 Å². The molecule has 1 fully saturated rings. The number of carbonyl (C=O) groups excluding carboxylic acids is 1. The van der Waals surface area contributed by atoms with E-state index in [9.17, 15) is 13.2 Å². The Morgan fingerprint density at radius 1 is 1.19 bits per heavy atom. The Kier molecular flexibility index (Phi) is 6.59. The van der Waals surface area contributed by atoms with Gasteiger partial charge in [-0.3, -0.25) is 4.79 Å². The lowest BCUT2D eigenvalue weighted by atomic mass is 10.1. The number of sulfonamides is 1. The average Bonchev–Trinajstić information content (AvgIpc) is 3.49. The first-order chi connectivity index (χ1) is 15.4. The van der Waals surface area contributed by atoms with Crippen molar-refractivity contribution in [3.8, 4) is 17.0 Å². The van der Waals surface area contributed by atoms with Gasteiger partial charge < -0.3 is 10.1 Å². The van der Waals surface area contributed by atoms with E-state index in [-0.39, 0.29) is 28.2 Å². The smallest absolute Gasteiger partial charge is 0.251 e. The maximum atomic E-state index is 12.6. The zero-order valence-corrected chi connectivity index (χ0v) is 19.6. The zero-order chi connectivity index (χ0) is 22.7. The number of rotatable bonds is 9. The van der Waals surface area contributed by atoms with Crippen LogP contribution >= 0.6 is 11.3 Å². The van der Waals surface area contributed by atoms with E-state index in [1.807, 2.05) is 36.6 Å². The molecular formula is C23H25N3O4S2. The lowest BCUT2D eigenvalue weighted by molar-refractivity contribution is 0.0954. The molecule has 0 bridgehead atoms. The fraction of sp³-hybridized carbons (Fsp3) is 0.304. The lowest BCUT2D eigenvalue weighted by Crippen LogP contribution is -2.28. The Morgan fingerprint density at radius 3 is 2.56 bits per heavy atom. The molecule has 1 saturated carbocycles. The predicted octanol–water partition coefficient (Wildman–Crippen LogP) is 3.54. The monoisotopic (exact) mass is 471 g/mol. The molecule has 0 radical (unpaired) electrons. The van der Waals surface area contributed by atoms with E-state index >= 15 is 0 Å². The number of hydrogen-bond donors (Lipinski definition) is 2. The first-order valence-corrected chi connectivity index (χ1v) is 12.7. The van der Waals surface area contributed by atoms with Gasteiger partial charge >= 0.3 is 0 Å². The van der Waals surface area contributed by atoms with Gasteiger partial charge in [-0.25, -0.2) is 18.1 Å². The van der Waals surface area contributed by atoms with Gasteiger partial charge in [-0.05, 0) is 49.9 Å². The van der Waals surface area contributed by atoms with E-state index < -0.39 is 10.0 Å². The quantitative estimate of drug-likeness (QED) is 0.498. The fourth-order valence-electron chi connectivity index (χ4n) is 3.27. The Morgan fingerprint density at radius 2 is 1.94 bits per heavy atom. The molecule has 0 atom stereocenters. The molecule has 32 heavy (non-hydrogen) atoms. The minimum atomic E-state index is -3.74. The van der Waals surface area contributed by atoms with Gasteiger partial charge in [-0.1, -0.05) is 24.3 Å². The first-order valence-electron chi connectivity index (χ1n) is 10.4. The van der Waals surface area contributed by atoms with Crippen molar-refractivity contribution in [1.29, 1.82) is 0 Å². The number of nitrogens with one attached hydrogen (secondary N) is 2. The van der Waals surface area contributed by atoms with Gasteiger partial charge in [0.1, 0.15) is 10.6 Å². The van der Waals surface area contributed by atoms with Gasteiger partial charge in [0, 0.05) is 29.1 Å². The van der Waals surface area contributed by atoms with Crippen molar-refractivity contribution in [2.24, 2.45) is 0 Å². The molecule has 0 saturated heterocycles. The van der Waals surface area contributed by atoms with Crippen LogP contribution in [0.5, 0.6) is 5.75 Å². The van der Waals surface area contributed by atoms with E-state index in [1.165, 1.54) is 19.2 Å². The number of amides is 1. The van der Waals surface area contributed by atoms with E-state index in [1.54, 1.807) is 17.4 Å². The molecule has 0 spiro atoms.